The fraction of sp³-hybridized carbons (Fsp3) is 0.200. The molecule has 0 fully saturated rings. The molecular weight excluding hydrogens is 253 g/mol. The quantitative estimate of drug-likeness (QED) is 0.830. The van der Waals surface area contributed by atoms with Gasteiger partial charge in [-0.2, -0.15) is 0 Å². The summed E-state index contributed by atoms with van der Waals surface area (Å²) in [6.07, 6.45) is -3.41. The van der Waals surface area contributed by atoms with Crippen LogP contribution in [0, 0.1) is 6.92 Å². The fourth-order valence-electron chi connectivity index (χ4n) is 1.17. The molecule has 90 valence electrons. The van der Waals surface area contributed by atoms with Gasteiger partial charge < -0.3 is 4.74 Å². The number of hydrogen-bond acceptors (Lipinski definition) is 4. The van der Waals surface area contributed by atoms with Gasteiger partial charge in [0.05, 0.1) is 0 Å². The molecule has 0 bridgehead atoms. The van der Waals surface area contributed by atoms with E-state index in [9.17, 15) is 13.2 Å². The first-order valence-electron chi connectivity index (χ1n) is 4.58. The third-order valence-electron chi connectivity index (χ3n) is 1.82. The molecule has 0 aromatic carbocycles. The molecule has 0 aliphatic heterocycles. The monoisotopic (exact) mass is 260 g/mol. The van der Waals surface area contributed by atoms with Gasteiger partial charge in [-0.25, -0.2) is 9.97 Å². The highest BCUT2D eigenvalue weighted by Gasteiger charge is 2.31. The number of nitrogens with zero attached hydrogens (tertiary/aromatic N) is 2. The number of thiazole rings is 1. The first-order valence-corrected chi connectivity index (χ1v) is 5.46. The van der Waals surface area contributed by atoms with Crippen LogP contribution in [0.25, 0.3) is 10.6 Å². The lowest BCUT2D eigenvalue weighted by atomic mass is 10.3. The molecular formula is C10H7F3N2OS. The van der Waals surface area contributed by atoms with E-state index < -0.39 is 12.2 Å². The van der Waals surface area contributed by atoms with E-state index in [1.807, 2.05) is 12.3 Å². The van der Waals surface area contributed by atoms with Gasteiger partial charge in [-0.05, 0) is 13.0 Å². The van der Waals surface area contributed by atoms with Crippen molar-refractivity contribution >= 4 is 11.3 Å². The summed E-state index contributed by atoms with van der Waals surface area (Å²) < 4.78 is 39.4. The molecule has 0 amide bonds. The minimum absolute atomic E-state index is 0.477. The van der Waals surface area contributed by atoms with E-state index in [4.69, 9.17) is 0 Å². The van der Waals surface area contributed by atoms with Crippen molar-refractivity contribution in [3.63, 3.8) is 0 Å². The molecule has 0 radical (unpaired) electrons. The maximum absolute atomic E-state index is 11.9. The Balaban J connectivity index is 2.19. The zero-order chi connectivity index (χ0) is 12.5. The molecule has 0 saturated carbocycles. The molecule has 0 aliphatic rings. The number of rotatable bonds is 2. The second-order valence-electron chi connectivity index (χ2n) is 3.23. The van der Waals surface area contributed by atoms with Crippen LogP contribution in [0.3, 0.4) is 0 Å². The van der Waals surface area contributed by atoms with Gasteiger partial charge in [0.25, 0.3) is 0 Å². The second-order valence-corrected chi connectivity index (χ2v) is 4.09. The van der Waals surface area contributed by atoms with Crippen molar-refractivity contribution in [3.05, 3.63) is 29.4 Å². The zero-order valence-corrected chi connectivity index (χ0v) is 9.47. The number of aryl methyl sites for hydroxylation is 1. The van der Waals surface area contributed by atoms with Crippen LogP contribution in [0.1, 0.15) is 5.69 Å². The number of hydrogen-bond donors (Lipinski definition) is 0. The minimum atomic E-state index is -4.72. The Labute approximate surface area is 98.9 Å². The van der Waals surface area contributed by atoms with Crippen molar-refractivity contribution in [2.75, 3.05) is 0 Å². The van der Waals surface area contributed by atoms with Crippen molar-refractivity contribution in [2.45, 2.75) is 13.3 Å². The van der Waals surface area contributed by atoms with Crippen LogP contribution in [0.15, 0.2) is 23.7 Å². The van der Waals surface area contributed by atoms with E-state index in [-0.39, 0.29) is 0 Å². The molecule has 2 heterocycles. The summed E-state index contributed by atoms with van der Waals surface area (Å²) in [4.78, 5) is 7.77. The molecule has 7 heteroatoms. The molecule has 17 heavy (non-hydrogen) atoms. The Morgan fingerprint density at radius 1 is 1.29 bits per heavy atom. The lowest BCUT2D eigenvalue weighted by Gasteiger charge is -2.07. The van der Waals surface area contributed by atoms with E-state index in [2.05, 4.69) is 14.7 Å². The number of halogens is 3. The van der Waals surface area contributed by atoms with Crippen LogP contribution in [-0.2, 0) is 0 Å². The first kappa shape index (κ1) is 11.8. The van der Waals surface area contributed by atoms with Crippen LogP contribution in [-0.4, -0.2) is 16.3 Å². The molecule has 3 nitrogen and oxygen atoms in total. The van der Waals surface area contributed by atoms with E-state index in [0.29, 0.717) is 10.6 Å². The van der Waals surface area contributed by atoms with E-state index >= 15 is 0 Å². The Morgan fingerprint density at radius 3 is 2.53 bits per heavy atom. The van der Waals surface area contributed by atoms with Gasteiger partial charge in [-0.1, -0.05) is 0 Å². The summed E-state index contributed by atoms with van der Waals surface area (Å²) in [5, 5.41) is 2.57. The van der Waals surface area contributed by atoms with Gasteiger partial charge in [-0.3, -0.25) is 0 Å². The van der Waals surface area contributed by atoms with Crippen LogP contribution < -0.4 is 4.74 Å². The number of aromatic nitrogens is 2. The summed E-state index contributed by atoms with van der Waals surface area (Å²) in [5.41, 5.74) is 1.53. The topological polar surface area (TPSA) is 35.0 Å². The fourth-order valence-corrected chi connectivity index (χ4v) is 1.96. The van der Waals surface area contributed by atoms with E-state index in [0.717, 1.165) is 5.69 Å². The Hall–Kier alpha value is -1.63. The average Bonchev–Trinajstić information content (AvgIpc) is 2.63. The Bertz CT molecular complexity index is 507. The summed E-state index contributed by atoms with van der Waals surface area (Å²) in [5.74, 6) is -0.477. The largest absolute Gasteiger partial charge is 0.574 e. The van der Waals surface area contributed by atoms with Gasteiger partial charge in [-0.15, -0.1) is 24.5 Å². The predicted molar refractivity (Wildman–Crippen MR) is 56.8 cm³/mol. The smallest absolute Gasteiger partial charge is 0.388 e. The van der Waals surface area contributed by atoms with Gasteiger partial charge in [0.2, 0.25) is 5.88 Å². The third-order valence-corrected chi connectivity index (χ3v) is 2.83. The lowest BCUT2D eigenvalue weighted by molar-refractivity contribution is -0.276. The highest BCUT2D eigenvalue weighted by molar-refractivity contribution is 7.13. The predicted octanol–water partition coefficient (Wildman–Crippen LogP) is 3.41. The minimum Gasteiger partial charge on any atom is -0.388 e. The van der Waals surface area contributed by atoms with Crippen LogP contribution in [0.2, 0.25) is 0 Å². The standard InChI is InChI=1S/C10H7F3N2OS/c1-6-5-17-9(15-6)7-2-3-8(14-4-7)16-10(11,12)13/h2-5H,1H3. The Kier molecular flexibility index (Phi) is 3.01. The lowest BCUT2D eigenvalue weighted by Crippen LogP contribution is -2.17. The Morgan fingerprint density at radius 2 is 2.06 bits per heavy atom. The third kappa shape index (κ3) is 3.16. The molecule has 2 rings (SSSR count). The van der Waals surface area contributed by atoms with Gasteiger partial charge in [0, 0.05) is 28.9 Å². The van der Waals surface area contributed by atoms with Crippen LogP contribution >= 0.6 is 11.3 Å². The molecule has 2 aromatic rings. The highest BCUT2D eigenvalue weighted by Crippen LogP contribution is 2.26. The highest BCUT2D eigenvalue weighted by atomic mass is 32.1. The molecule has 0 unspecified atom stereocenters. The van der Waals surface area contributed by atoms with E-state index in [1.54, 1.807) is 0 Å². The molecule has 0 N–H and O–H groups in total. The summed E-state index contributed by atoms with van der Waals surface area (Å²) in [6, 6.07) is 2.66. The molecule has 2 aromatic heterocycles. The van der Waals surface area contributed by atoms with Crippen LogP contribution in [0.5, 0.6) is 5.88 Å². The van der Waals surface area contributed by atoms with Crippen molar-refractivity contribution in [2.24, 2.45) is 0 Å². The SMILES string of the molecule is Cc1csc(-c2ccc(OC(F)(F)F)nc2)n1. The van der Waals surface area contributed by atoms with Crippen molar-refractivity contribution in [1.82, 2.24) is 9.97 Å². The number of pyridine rings is 1. The summed E-state index contributed by atoms with van der Waals surface area (Å²) >= 11 is 1.41. The van der Waals surface area contributed by atoms with Gasteiger partial charge in [0.15, 0.2) is 0 Å². The van der Waals surface area contributed by atoms with Gasteiger partial charge in [0.1, 0.15) is 5.01 Å². The summed E-state index contributed by atoms with van der Waals surface area (Å²) in [7, 11) is 0. The number of ether oxygens (including phenoxy) is 1. The van der Waals surface area contributed by atoms with Crippen molar-refractivity contribution < 1.29 is 17.9 Å². The maximum atomic E-state index is 11.9. The first-order chi connectivity index (χ1) is 7.94. The molecule has 0 spiro atoms. The molecule has 0 saturated heterocycles. The van der Waals surface area contributed by atoms with E-state index in [1.165, 1.54) is 29.7 Å². The van der Waals surface area contributed by atoms with Crippen LogP contribution in [0.4, 0.5) is 13.2 Å². The average molecular weight is 260 g/mol. The zero-order valence-electron chi connectivity index (χ0n) is 8.65. The van der Waals surface area contributed by atoms with Gasteiger partial charge >= 0.3 is 6.36 Å². The second kappa shape index (κ2) is 4.33. The number of alkyl halides is 3. The maximum Gasteiger partial charge on any atom is 0.574 e. The molecule has 0 aliphatic carbocycles. The van der Waals surface area contributed by atoms with Crippen molar-refractivity contribution in [1.29, 1.82) is 0 Å². The normalized spacial score (nSPS) is 11.5. The molecule has 0 atom stereocenters. The van der Waals surface area contributed by atoms with Crippen molar-refractivity contribution in [3.8, 4) is 16.5 Å². The summed E-state index contributed by atoms with van der Waals surface area (Å²) in [6.45, 7) is 1.84.